The number of hydrogen-bond donors (Lipinski definition) is 0. The minimum absolute atomic E-state index is 0.0187. The summed E-state index contributed by atoms with van der Waals surface area (Å²) in [5.41, 5.74) is 1.92. The van der Waals surface area contributed by atoms with Crippen LogP contribution in [0.25, 0.3) is 0 Å². The molecule has 0 unspecified atom stereocenters. The highest BCUT2D eigenvalue weighted by Gasteiger charge is 2.31. The molecule has 5 nitrogen and oxygen atoms in total. The van der Waals surface area contributed by atoms with E-state index in [0.717, 1.165) is 11.1 Å². The van der Waals surface area contributed by atoms with Crippen LogP contribution < -0.4 is 0 Å². The molecule has 1 heterocycles. The summed E-state index contributed by atoms with van der Waals surface area (Å²) in [7, 11) is -3.62. The van der Waals surface area contributed by atoms with Crippen molar-refractivity contribution in [3.8, 4) is 0 Å². The number of sulfonamides is 1. The van der Waals surface area contributed by atoms with Crippen LogP contribution >= 0.6 is 15.9 Å². The van der Waals surface area contributed by atoms with Gasteiger partial charge in [0, 0.05) is 30.7 Å². The summed E-state index contributed by atoms with van der Waals surface area (Å²) in [6.07, 6.45) is 0. The third-order valence-electron chi connectivity index (χ3n) is 4.80. The van der Waals surface area contributed by atoms with E-state index in [2.05, 4.69) is 15.9 Å². The van der Waals surface area contributed by atoms with Crippen molar-refractivity contribution in [2.75, 3.05) is 26.2 Å². The highest BCUT2D eigenvalue weighted by Crippen LogP contribution is 2.22. The standard InChI is InChI=1S/C19H20BrFN2O3S/c1-13-3-5-16(11-14(13)2)27(25,26)23-9-7-22(8-10-23)19(24)17-12-15(20)4-6-18(17)21/h3-6,11-12H,7-10H2,1-2H3. The summed E-state index contributed by atoms with van der Waals surface area (Å²) < 4.78 is 41.6. The van der Waals surface area contributed by atoms with E-state index in [1.54, 1.807) is 18.2 Å². The van der Waals surface area contributed by atoms with Crippen molar-refractivity contribution in [3.63, 3.8) is 0 Å². The zero-order valence-electron chi connectivity index (χ0n) is 15.1. The fourth-order valence-electron chi connectivity index (χ4n) is 2.99. The molecule has 27 heavy (non-hydrogen) atoms. The molecule has 2 aromatic carbocycles. The lowest BCUT2D eigenvalue weighted by molar-refractivity contribution is 0.0693. The Balaban J connectivity index is 1.73. The number of carbonyl (C=O) groups excluding carboxylic acids is 1. The number of nitrogens with zero attached hydrogens (tertiary/aromatic N) is 2. The summed E-state index contributed by atoms with van der Waals surface area (Å²) in [6, 6.07) is 9.26. The van der Waals surface area contributed by atoms with Crippen LogP contribution in [0, 0.1) is 19.7 Å². The molecule has 0 spiro atoms. The van der Waals surface area contributed by atoms with Crippen LogP contribution in [0.2, 0.25) is 0 Å². The Labute approximate surface area is 167 Å². The molecule has 1 aliphatic rings. The monoisotopic (exact) mass is 454 g/mol. The molecular formula is C19H20BrFN2O3S. The SMILES string of the molecule is Cc1ccc(S(=O)(=O)N2CCN(C(=O)c3cc(Br)ccc3F)CC2)cc1C. The van der Waals surface area contributed by atoms with Crippen LogP contribution in [0.4, 0.5) is 4.39 Å². The molecule has 0 N–H and O–H groups in total. The van der Waals surface area contributed by atoms with Gasteiger partial charge < -0.3 is 4.90 Å². The van der Waals surface area contributed by atoms with Gasteiger partial charge >= 0.3 is 0 Å². The van der Waals surface area contributed by atoms with Gasteiger partial charge in [0.05, 0.1) is 10.5 Å². The molecular weight excluding hydrogens is 435 g/mol. The number of piperazine rings is 1. The number of rotatable bonds is 3. The molecule has 1 aliphatic heterocycles. The Morgan fingerprint density at radius 3 is 2.30 bits per heavy atom. The smallest absolute Gasteiger partial charge is 0.256 e. The quantitative estimate of drug-likeness (QED) is 0.714. The van der Waals surface area contributed by atoms with Crippen LogP contribution in [0.1, 0.15) is 21.5 Å². The number of hydrogen-bond acceptors (Lipinski definition) is 3. The summed E-state index contributed by atoms with van der Waals surface area (Å²) in [6.45, 7) is 4.59. The van der Waals surface area contributed by atoms with Crippen molar-refractivity contribution in [1.82, 2.24) is 9.21 Å². The number of carbonyl (C=O) groups is 1. The van der Waals surface area contributed by atoms with Crippen molar-refractivity contribution in [2.24, 2.45) is 0 Å². The largest absolute Gasteiger partial charge is 0.336 e. The lowest BCUT2D eigenvalue weighted by atomic mass is 10.1. The van der Waals surface area contributed by atoms with Crippen molar-refractivity contribution in [3.05, 3.63) is 63.4 Å². The van der Waals surface area contributed by atoms with Crippen LogP contribution in [0.15, 0.2) is 45.8 Å². The van der Waals surface area contributed by atoms with Crippen molar-refractivity contribution in [1.29, 1.82) is 0 Å². The van der Waals surface area contributed by atoms with E-state index < -0.39 is 21.7 Å². The minimum atomic E-state index is -3.62. The third-order valence-corrected chi connectivity index (χ3v) is 7.19. The molecule has 1 saturated heterocycles. The zero-order chi connectivity index (χ0) is 19.8. The Morgan fingerprint density at radius 1 is 1.00 bits per heavy atom. The molecule has 1 amide bonds. The maximum Gasteiger partial charge on any atom is 0.256 e. The third kappa shape index (κ3) is 4.07. The normalized spacial score (nSPS) is 15.8. The second-order valence-corrected chi connectivity index (χ2v) is 9.42. The Hall–Kier alpha value is -1.77. The Bertz CT molecular complexity index is 986. The maximum atomic E-state index is 14.0. The highest BCUT2D eigenvalue weighted by molar-refractivity contribution is 9.10. The van der Waals surface area contributed by atoms with E-state index in [-0.39, 0.29) is 36.6 Å². The fraction of sp³-hybridized carbons (Fsp3) is 0.316. The molecule has 0 bridgehead atoms. The predicted molar refractivity (Wildman–Crippen MR) is 105 cm³/mol. The van der Waals surface area contributed by atoms with Gasteiger partial charge in [0.25, 0.3) is 5.91 Å². The van der Waals surface area contributed by atoms with E-state index in [1.165, 1.54) is 27.4 Å². The van der Waals surface area contributed by atoms with E-state index >= 15 is 0 Å². The maximum absolute atomic E-state index is 14.0. The lowest BCUT2D eigenvalue weighted by Gasteiger charge is -2.34. The van der Waals surface area contributed by atoms with Gasteiger partial charge in [-0.25, -0.2) is 12.8 Å². The predicted octanol–water partition coefficient (Wildman–Crippen LogP) is 3.35. The first-order valence-electron chi connectivity index (χ1n) is 8.52. The van der Waals surface area contributed by atoms with E-state index in [9.17, 15) is 17.6 Å². The number of amides is 1. The van der Waals surface area contributed by atoms with Gasteiger partial charge in [0.15, 0.2) is 0 Å². The van der Waals surface area contributed by atoms with Gasteiger partial charge in [-0.2, -0.15) is 4.31 Å². The molecule has 0 atom stereocenters. The summed E-state index contributed by atoms with van der Waals surface area (Å²) in [5.74, 6) is -1.02. The first-order valence-corrected chi connectivity index (χ1v) is 10.7. The molecule has 1 fully saturated rings. The van der Waals surface area contributed by atoms with Gasteiger partial charge in [-0.05, 0) is 55.3 Å². The molecule has 144 valence electrons. The van der Waals surface area contributed by atoms with Crippen LogP contribution in [-0.2, 0) is 10.0 Å². The van der Waals surface area contributed by atoms with E-state index in [0.29, 0.717) is 4.47 Å². The zero-order valence-corrected chi connectivity index (χ0v) is 17.5. The number of benzene rings is 2. The van der Waals surface area contributed by atoms with Gasteiger partial charge in [-0.1, -0.05) is 22.0 Å². The topological polar surface area (TPSA) is 57.7 Å². The Kier molecular flexibility index (Phi) is 5.69. The van der Waals surface area contributed by atoms with Crippen molar-refractivity contribution in [2.45, 2.75) is 18.7 Å². The average molecular weight is 455 g/mol. The molecule has 0 saturated carbocycles. The van der Waals surface area contributed by atoms with Gasteiger partial charge in [-0.15, -0.1) is 0 Å². The van der Waals surface area contributed by atoms with Gasteiger partial charge in [0.1, 0.15) is 5.82 Å². The first-order chi connectivity index (χ1) is 12.7. The second-order valence-electron chi connectivity index (χ2n) is 6.57. The number of aryl methyl sites for hydroxylation is 2. The summed E-state index contributed by atoms with van der Waals surface area (Å²) in [4.78, 5) is 14.3. The van der Waals surface area contributed by atoms with Gasteiger partial charge in [0.2, 0.25) is 10.0 Å². The Morgan fingerprint density at radius 2 is 1.67 bits per heavy atom. The van der Waals surface area contributed by atoms with Crippen LogP contribution in [0.5, 0.6) is 0 Å². The minimum Gasteiger partial charge on any atom is -0.336 e. The molecule has 0 aliphatic carbocycles. The first kappa shape index (κ1) is 20.0. The van der Waals surface area contributed by atoms with E-state index in [1.807, 2.05) is 13.8 Å². The highest BCUT2D eigenvalue weighted by atomic mass is 79.9. The average Bonchev–Trinajstić information content (AvgIpc) is 2.65. The molecule has 0 radical (unpaired) electrons. The molecule has 0 aromatic heterocycles. The molecule has 8 heteroatoms. The second kappa shape index (κ2) is 7.69. The van der Waals surface area contributed by atoms with Gasteiger partial charge in [-0.3, -0.25) is 4.79 Å². The molecule has 2 aromatic rings. The number of halogens is 2. The lowest BCUT2D eigenvalue weighted by Crippen LogP contribution is -2.50. The van der Waals surface area contributed by atoms with Crippen LogP contribution in [-0.4, -0.2) is 49.7 Å². The summed E-state index contributed by atoms with van der Waals surface area (Å²) in [5, 5.41) is 0. The fourth-order valence-corrected chi connectivity index (χ4v) is 4.86. The van der Waals surface area contributed by atoms with Crippen LogP contribution in [0.3, 0.4) is 0 Å². The summed E-state index contributed by atoms with van der Waals surface area (Å²) >= 11 is 3.24. The van der Waals surface area contributed by atoms with Crippen molar-refractivity contribution >= 4 is 31.9 Å². The molecule has 3 rings (SSSR count). The van der Waals surface area contributed by atoms with Crippen molar-refractivity contribution < 1.29 is 17.6 Å². The van der Waals surface area contributed by atoms with E-state index in [4.69, 9.17) is 0 Å².